The molecule has 2 heterocycles. The largest absolute Gasteiger partial charge is 0.490 e. The zero-order valence-electron chi connectivity index (χ0n) is 20.0. The molecule has 0 saturated carbocycles. The summed E-state index contributed by atoms with van der Waals surface area (Å²) in [6.45, 7) is 3.36. The summed E-state index contributed by atoms with van der Waals surface area (Å²) in [5.74, 6) is 0.475. The quantitative estimate of drug-likeness (QED) is 0.446. The highest BCUT2D eigenvalue weighted by molar-refractivity contribution is 6.30. The van der Waals surface area contributed by atoms with E-state index in [0.29, 0.717) is 43.2 Å². The van der Waals surface area contributed by atoms with E-state index in [1.807, 2.05) is 49.4 Å². The van der Waals surface area contributed by atoms with Gasteiger partial charge in [-0.1, -0.05) is 60.1 Å². The molecule has 8 heteroatoms. The maximum Gasteiger partial charge on any atom is 0.292 e. The summed E-state index contributed by atoms with van der Waals surface area (Å²) in [7, 11) is 1.80. The number of ether oxygens (including phenoxy) is 1. The lowest BCUT2D eigenvalue weighted by molar-refractivity contribution is -0.133. The van der Waals surface area contributed by atoms with Crippen LogP contribution in [-0.2, 0) is 17.8 Å². The predicted octanol–water partition coefficient (Wildman–Crippen LogP) is 4.85. The number of nitrogens with zero attached hydrogens (tertiary/aromatic N) is 3. The summed E-state index contributed by atoms with van der Waals surface area (Å²) in [5.41, 5.74) is 1.80. The Morgan fingerprint density at radius 2 is 1.97 bits per heavy atom. The lowest BCUT2D eigenvalue weighted by Crippen LogP contribution is -2.49. The van der Waals surface area contributed by atoms with E-state index in [1.165, 1.54) is 0 Å². The van der Waals surface area contributed by atoms with Crippen LogP contribution in [0.2, 0.25) is 5.02 Å². The van der Waals surface area contributed by atoms with Gasteiger partial charge in [0.15, 0.2) is 0 Å². The van der Waals surface area contributed by atoms with Gasteiger partial charge in [0.25, 0.3) is 5.91 Å². The van der Waals surface area contributed by atoms with Gasteiger partial charge < -0.3 is 19.1 Å². The Bertz CT molecular complexity index is 1150. The number of aromatic nitrogens is 1. The third-order valence-corrected chi connectivity index (χ3v) is 6.53. The Hall–Kier alpha value is -3.32. The number of hydrogen-bond donors (Lipinski definition) is 0. The van der Waals surface area contributed by atoms with Gasteiger partial charge in [-0.2, -0.15) is 0 Å². The van der Waals surface area contributed by atoms with Gasteiger partial charge in [0.1, 0.15) is 11.9 Å². The Morgan fingerprint density at radius 3 is 2.69 bits per heavy atom. The first-order valence-electron chi connectivity index (χ1n) is 11.9. The van der Waals surface area contributed by atoms with Gasteiger partial charge in [-0.3, -0.25) is 9.59 Å². The molecule has 0 spiro atoms. The number of aryl methyl sites for hydroxylation is 1. The average molecular weight is 496 g/mol. The molecule has 1 aromatic heterocycles. The standard InChI is InChI=1S/C27H30ClN3O4/c1-3-22-16-25(35-29-22)27(33)31-13-12-24(34-23-11-7-10-21(28)15-23)20(18-31)14-26(32)30(2)17-19-8-5-4-6-9-19/h4-11,15-16,20,24H,3,12-14,17-18H2,1-2H3/t20-,24-/m0/s1. The van der Waals surface area contributed by atoms with Crippen molar-refractivity contribution in [3.63, 3.8) is 0 Å². The highest BCUT2D eigenvalue weighted by Gasteiger charge is 2.36. The van der Waals surface area contributed by atoms with Gasteiger partial charge in [-0.25, -0.2) is 0 Å². The van der Waals surface area contributed by atoms with Gasteiger partial charge in [-0.05, 0) is 30.2 Å². The smallest absolute Gasteiger partial charge is 0.292 e. The molecule has 2 amide bonds. The summed E-state index contributed by atoms with van der Waals surface area (Å²) in [6.07, 6.45) is 1.31. The van der Waals surface area contributed by atoms with Crippen LogP contribution in [-0.4, -0.2) is 53.0 Å². The maximum atomic E-state index is 13.2. The van der Waals surface area contributed by atoms with E-state index < -0.39 is 0 Å². The van der Waals surface area contributed by atoms with Gasteiger partial charge >= 0.3 is 0 Å². The maximum absolute atomic E-state index is 13.2. The summed E-state index contributed by atoms with van der Waals surface area (Å²) in [4.78, 5) is 29.7. The van der Waals surface area contributed by atoms with E-state index >= 15 is 0 Å². The number of piperidine rings is 1. The molecular weight excluding hydrogens is 466 g/mol. The molecule has 0 N–H and O–H groups in total. The number of likely N-dealkylation sites (tertiary alicyclic amines) is 1. The summed E-state index contributed by atoms with van der Waals surface area (Å²) < 4.78 is 11.5. The lowest BCUT2D eigenvalue weighted by atomic mass is 9.90. The van der Waals surface area contributed by atoms with Crippen LogP contribution in [0, 0.1) is 5.92 Å². The number of hydrogen-bond acceptors (Lipinski definition) is 5. The fourth-order valence-electron chi connectivity index (χ4n) is 4.32. The summed E-state index contributed by atoms with van der Waals surface area (Å²) in [5, 5.41) is 4.53. The van der Waals surface area contributed by atoms with Crippen molar-refractivity contribution in [2.75, 3.05) is 20.1 Å². The van der Waals surface area contributed by atoms with E-state index in [2.05, 4.69) is 5.16 Å². The zero-order valence-corrected chi connectivity index (χ0v) is 20.8. The first-order chi connectivity index (χ1) is 16.9. The molecule has 0 aliphatic carbocycles. The van der Waals surface area contributed by atoms with E-state index in [-0.39, 0.29) is 36.0 Å². The number of amides is 2. The first-order valence-corrected chi connectivity index (χ1v) is 12.3. The van der Waals surface area contributed by atoms with Crippen LogP contribution in [0.15, 0.2) is 65.2 Å². The van der Waals surface area contributed by atoms with Crippen molar-refractivity contribution in [3.8, 4) is 5.75 Å². The SMILES string of the molecule is CCc1cc(C(=O)N2CC[C@H](Oc3cccc(Cl)c3)[C@@H](CC(=O)N(C)Cc3ccccc3)C2)on1. The van der Waals surface area contributed by atoms with Crippen LogP contribution in [0.5, 0.6) is 5.75 Å². The van der Waals surface area contributed by atoms with Crippen LogP contribution in [0.4, 0.5) is 0 Å². The van der Waals surface area contributed by atoms with Crippen LogP contribution >= 0.6 is 11.6 Å². The van der Waals surface area contributed by atoms with Crippen LogP contribution in [0.25, 0.3) is 0 Å². The van der Waals surface area contributed by atoms with Crippen molar-refractivity contribution in [1.82, 2.24) is 15.0 Å². The first kappa shape index (κ1) is 24.8. The molecule has 1 fully saturated rings. The molecular formula is C27H30ClN3O4. The minimum atomic E-state index is -0.229. The molecule has 184 valence electrons. The highest BCUT2D eigenvalue weighted by Crippen LogP contribution is 2.28. The lowest BCUT2D eigenvalue weighted by Gasteiger charge is -2.38. The van der Waals surface area contributed by atoms with Crippen LogP contribution in [0.3, 0.4) is 0 Å². The van der Waals surface area contributed by atoms with Crippen LogP contribution < -0.4 is 4.74 Å². The number of carbonyl (C=O) groups excluding carboxylic acids is 2. The second-order valence-corrected chi connectivity index (χ2v) is 9.33. The van der Waals surface area contributed by atoms with Crippen molar-refractivity contribution in [2.45, 2.75) is 38.8 Å². The van der Waals surface area contributed by atoms with E-state index in [1.54, 1.807) is 35.0 Å². The Labute approximate surface area is 210 Å². The molecule has 0 bridgehead atoms. The molecule has 2 aromatic carbocycles. The molecule has 0 unspecified atom stereocenters. The van der Waals surface area contributed by atoms with E-state index in [4.69, 9.17) is 20.9 Å². The predicted molar refractivity (Wildman–Crippen MR) is 133 cm³/mol. The van der Waals surface area contributed by atoms with Crippen LogP contribution in [0.1, 0.15) is 41.6 Å². The molecule has 1 aliphatic heterocycles. The zero-order chi connectivity index (χ0) is 24.8. The molecule has 7 nitrogen and oxygen atoms in total. The van der Waals surface area contributed by atoms with Crippen molar-refractivity contribution >= 4 is 23.4 Å². The molecule has 2 atom stereocenters. The minimum Gasteiger partial charge on any atom is -0.490 e. The molecule has 1 saturated heterocycles. The van der Waals surface area contributed by atoms with Crippen molar-refractivity contribution < 1.29 is 18.8 Å². The Morgan fingerprint density at radius 1 is 1.17 bits per heavy atom. The number of rotatable bonds is 8. The summed E-state index contributed by atoms with van der Waals surface area (Å²) in [6, 6.07) is 18.8. The van der Waals surface area contributed by atoms with E-state index in [9.17, 15) is 9.59 Å². The Balaban J connectivity index is 1.48. The second kappa shape index (κ2) is 11.4. The molecule has 0 radical (unpaired) electrons. The number of benzene rings is 2. The van der Waals surface area contributed by atoms with Crippen molar-refractivity contribution in [1.29, 1.82) is 0 Å². The van der Waals surface area contributed by atoms with Gasteiger partial charge in [0.2, 0.25) is 11.7 Å². The highest BCUT2D eigenvalue weighted by atomic mass is 35.5. The molecule has 1 aliphatic rings. The normalized spacial score (nSPS) is 17.7. The minimum absolute atomic E-state index is 0.000723. The van der Waals surface area contributed by atoms with Gasteiger partial charge in [-0.15, -0.1) is 0 Å². The molecule has 3 aromatic rings. The summed E-state index contributed by atoms with van der Waals surface area (Å²) >= 11 is 6.14. The average Bonchev–Trinajstić information content (AvgIpc) is 3.35. The Kier molecular flexibility index (Phi) is 8.08. The third kappa shape index (κ3) is 6.42. The fraction of sp³-hybridized carbons (Fsp3) is 0.370. The monoisotopic (exact) mass is 495 g/mol. The second-order valence-electron chi connectivity index (χ2n) is 8.89. The van der Waals surface area contributed by atoms with Gasteiger partial charge in [0.05, 0.1) is 5.69 Å². The fourth-order valence-corrected chi connectivity index (χ4v) is 4.50. The topological polar surface area (TPSA) is 75.9 Å². The number of carbonyl (C=O) groups is 2. The molecule has 4 rings (SSSR count). The van der Waals surface area contributed by atoms with Crippen molar-refractivity contribution in [2.24, 2.45) is 5.92 Å². The number of halogens is 1. The van der Waals surface area contributed by atoms with Crippen molar-refractivity contribution in [3.05, 3.63) is 82.7 Å². The van der Waals surface area contributed by atoms with E-state index in [0.717, 1.165) is 11.3 Å². The third-order valence-electron chi connectivity index (χ3n) is 6.29. The molecule has 35 heavy (non-hydrogen) atoms. The van der Waals surface area contributed by atoms with Gasteiger partial charge in [0, 0.05) is 56.5 Å².